The van der Waals surface area contributed by atoms with Crippen LogP contribution >= 0.6 is 12.4 Å². The standard InChI is InChI=1S/C8H9N5.ClH/c9-6-5-12-13(8(6)10)7-3-1-2-4-11-7;/h1-5H,9-10H2;1H. The Morgan fingerprint density at radius 2 is 2.00 bits per heavy atom. The Morgan fingerprint density at radius 3 is 2.50 bits per heavy atom. The molecule has 2 heterocycles. The van der Waals surface area contributed by atoms with E-state index in [1.54, 1.807) is 6.20 Å². The van der Waals surface area contributed by atoms with Gasteiger partial charge in [0, 0.05) is 6.20 Å². The fraction of sp³-hybridized carbons (Fsp3) is 0. The van der Waals surface area contributed by atoms with Crippen LogP contribution in [-0.2, 0) is 0 Å². The zero-order valence-corrected chi connectivity index (χ0v) is 8.11. The van der Waals surface area contributed by atoms with Gasteiger partial charge in [-0.05, 0) is 12.1 Å². The molecule has 0 fully saturated rings. The number of nitrogens with zero attached hydrogens (tertiary/aromatic N) is 3. The first kappa shape index (κ1) is 10.3. The van der Waals surface area contributed by atoms with Crippen LogP contribution in [0.4, 0.5) is 11.5 Å². The zero-order valence-electron chi connectivity index (χ0n) is 7.29. The molecule has 2 rings (SSSR count). The SMILES string of the molecule is Cl.Nc1cnn(-c2ccccn2)c1N. The third-order valence-corrected chi connectivity index (χ3v) is 1.70. The lowest BCUT2D eigenvalue weighted by Crippen LogP contribution is -2.04. The quantitative estimate of drug-likeness (QED) is 0.733. The van der Waals surface area contributed by atoms with E-state index in [1.165, 1.54) is 10.9 Å². The summed E-state index contributed by atoms with van der Waals surface area (Å²) in [5.74, 6) is 1.08. The molecule has 2 aromatic rings. The molecule has 0 aliphatic rings. The van der Waals surface area contributed by atoms with Crippen molar-refractivity contribution in [2.24, 2.45) is 0 Å². The lowest BCUT2D eigenvalue weighted by atomic mass is 10.4. The van der Waals surface area contributed by atoms with Crippen molar-refractivity contribution < 1.29 is 0 Å². The van der Waals surface area contributed by atoms with Gasteiger partial charge in [-0.15, -0.1) is 12.4 Å². The molecule has 0 bridgehead atoms. The van der Waals surface area contributed by atoms with E-state index in [-0.39, 0.29) is 12.4 Å². The smallest absolute Gasteiger partial charge is 0.155 e. The Morgan fingerprint density at radius 1 is 1.21 bits per heavy atom. The van der Waals surface area contributed by atoms with Gasteiger partial charge in [0.05, 0.1) is 11.9 Å². The van der Waals surface area contributed by atoms with Gasteiger partial charge in [-0.25, -0.2) is 4.98 Å². The van der Waals surface area contributed by atoms with Gasteiger partial charge in [-0.1, -0.05) is 6.07 Å². The van der Waals surface area contributed by atoms with E-state index in [4.69, 9.17) is 11.5 Å². The molecule has 0 aliphatic heterocycles. The van der Waals surface area contributed by atoms with Crippen LogP contribution in [0.15, 0.2) is 30.6 Å². The molecule has 5 nitrogen and oxygen atoms in total. The first-order valence-electron chi connectivity index (χ1n) is 3.79. The fourth-order valence-electron chi connectivity index (χ4n) is 1.03. The van der Waals surface area contributed by atoms with Crippen LogP contribution in [0.5, 0.6) is 0 Å². The van der Waals surface area contributed by atoms with Crippen LogP contribution in [-0.4, -0.2) is 14.8 Å². The number of hydrogen-bond donors (Lipinski definition) is 2. The molecule has 0 spiro atoms. The Kier molecular flexibility index (Phi) is 2.93. The van der Waals surface area contributed by atoms with Gasteiger partial charge in [0.2, 0.25) is 0 Å². The van der Waals surface area contributed by atoms with Crippen LogP contribution < -0.4 is 11.5 Å². The normalized spacial score (nSPS) is 9.43. The third kappa shape index (κ3) is 1.62. The van der Waals surface area contributed by atoms with E-state index in [2.05, 4.69) is 10.1 Å². The summed E-state index contributed by atoms with van der Waals surface area (Å²) in [5.41, 5.74) is 11.7. The molecule has 74 valence electrons. The Labute approximate surface area is 87.1 Å². The van der Waals surface area contributed by atoms with Gasteiger partial charge < -0.3 is 11.5 Å². The minimum absolute atomic E-state index is 0. The number of anilines is 2. The second kappa shape index (κ2) is 3.97. The van der Waals surface area contributed by atoms with E-state index < -0.39 is 0 Å². The highest BCUT2D eigenvalue weighted by Gasteiger charge is 2.05. The molecule has 0 radical (unpaired) electrons. The molecular weight excluding hydrogens is 202 g/mol. The molecule has 6 heteroatoms. The van der Waals surface area contributed by atoms with Gasteiger partial charge in [0.15, 0.2) is 11.6 Å². The highest BCUT2D eigenvalue weighted by Crippen LogP contribution is 2.15. The number of aromatic nitrogens is 3. The Hall–Kier alpha value is -1.75. The second-order valence-corrected chi connectivity index (χ2v) is 2.58. The average molecular weight is 212 g/mol. The van der Waals surface area contributed by atoms with Crippen molar-refractivity contribution in [3.8, 4) is 5.82 Å². The van der Waals surface area contributed by atoms with Crippen LogP contribution in [0, 0.1) is 0 Å². The number of hydrogen-bond acceptors (Lipinski definition) is 4. The summed E-state index contributed by atoms with van der Waals surface area (Å²) >= 11 is 0. The average Bonchev–Trinajstić information content (AvgIpc) is 2.49. The summed E-state index contributed by atoms with van der Waals surface area (Å²) in [4.78, 5) is 4.09. The first-order chi connectivity index (χ1) is 6.29. The van der Waals surface area contributed by atoms with Gasteiger partial charge in [0.1, 0.15) is 0 Å². The maximum absolute atomic E-state index is 5.67. The molecule has 0 saturated heterocycles. The maximum Gasteiger partial charge on any atom is 0.155 e. The van der Waals surface area contributed by atoms with Crippen molar-refractivity contribution in [1.82, 2.24) is 14.8 Å². The molecular formula is C8H10ClN5. The zero-order chi connectivity index (χ0) is 9.26. The highest BCUT2D eigenvalue weighted by molar-refractivity contribution is 5.85. The molecule has 0 saturated carbocycles. The molecule has 0 aromatic carbocycles. The molecule has 0 aliphatic carbocycles. The molecule has 0 amide bonds. The van der Waals surface area contributed by atoms with E-state index in [9.17, 15) is 0 Å². The minimum Gasteiger partial charge on any atom is -0.394 e. The molecule has 0 atom stereocenters. The Bertz CT molecular complexity index is 411. The number of nitrogen functional groups attached to an aromatic ring is 2. The van der Waals surface area contributed by atoms with E-state index in [1.807, 2.05) is 18.2 Å². The van der Waals surface area contributed by atoms with E-state index in [0.717, 1.165) is 0 Å². The minimum atomic E-state index is 0. The Balaban J connectivity index is 0.000000980. The van der Waals surface area contributed by atoms with Crippen LogP contribution in [0.3, 0.4) is 0 Å². The molecule has 0 unspecified atom stereocenters. The summed E-state index contributed by atoms with van der Waals surface area (Å²) in [7, 11) is 0. The topological polar surface area (TPSA) is 82.8 Å². The van der Waals surface area contributed by atoms with Crippen molar-refractivity contribution in [2.75, 3.05) is 11.5 Å². The number of pyridine rings is 1. The first-order valence-corrected chi connectivity index (χ1v) is 3.79. The highest BCUT2D eigenvalue weighted by atomic mass is 35.5. The van der Waals surface area contributed by atoms with Crippen LogP contribution in [0.25, 0.3) is 5.82 Å². The predicted octanol–water partition coefficient (Wildman–Crippen LogP) is 0.853. The van der Waals surface area contributed by atoms with Crippen molar-refractivity contribution in [2.45, 2.75) is 0 Å². The van der Waals surface area contributed by atoms with Crippen molar-refractivity contribution in [3.05, 3.63) is 30.6 Å². The molecule has 14 heavy (non-hydrogen) atoms. The number of halogens is 1. The monoisotopic (exact) mass is 211 g/mol. The lowest BCUT2D eigenvalue weighted by Gasteiger charge is -2.01. The fourth-order valence-corrected chi connectivity index (χ4v) is 1.03. The summed E-state index contributed by atoms with van der Waals surface area (Å²) in [6.07, 6.45) is 3.18. The van der Waals surface area contributed by atoms with Crippen LogP contribution in [0.1, 0.15) is 0 Å². The number of rotatable bonds is 1. The summed E-state index contributed by atoms with van der Waals surface area (Å²) in [6.45, 7) is 0. The van der Waals surface area contributed by atoms with Crippen LogP contribution in [0.2, 0.25) is 0 Å². The van der Waals surface area contributed by atoms with Crippen molar-refractivity contribution in [3.63, 3.8) is 0 Å². The largest absolute Gasteiger partial charge is 0.394 e. The van der Waals surface area contributed by atoms with Gasteiger partial charge in [-0.3, -0.25) is 0 Å². The lowest BCUT2D eigenvalue weighted by molar-refractivity contribution is 0.857. The van der Waals surface area contributed by atoms with E-state index in [0.29, 0.717) is 17.3 Å². The third-order valence-electron chi connectivity index (χ3n) is 1.70. The second-order valence-electron chi connectivity index (χ2n) is 2.58. The molecule has 4 N–H and O–H groups in total. The summed E-state index contributed by atoms with van der Waals surface area (Å²) < 4.78 is 1.50. The predicted molar refractivity (Wildman–Crippen MR) is 57.4 cm³/mol. The van der Waals surface area contributed by atoms with E-state index >= 15 is 0 Å². The van der Waals surface area contributed by atoms with Crippen molar-refractivity contribution >= 4 is 23.9 Å². The summed E-state index contributed by atoms with van der Waals surface area (Å²) in [6, 6.07) is 5.50. The van der Waals surface area contributed by atoms with Crippen molar-refractivity contribution in [1.29, 1.82) is 0 Å². The van der Waals surface area contributed by atoms with Gasteiger partial charge >= 0.3 is 0 Å². The molecule has 2 aromatic heterocycles. The maximum atomic E-state index is 5.67. The number of nitrogens with two attached hydrogens (primary N) is 2. The van der Waals surface area contributed by atoms with Gasteiger partial charge in [0.25, 0.3) is 0 Å². The van der Waals surface area contributed by atoms with Gasteiger partial charge in [-0.2, -0.15) is 9.78 Å². The summed E-state index contributed by atoms with van der Waals surface area (Å²) in [5, 5.41) is 3.99.